The maximum Gasteiger partial charge on any atom is 0.320 e. The summed E-state index contributed by atoms with van der Waals surface area (Å²) in [6.07, 6.45) is 3.25. The number of halogens is 1. The van der Waals surface area contributed by atoms with E-state index in [2.05, 4.69) is 0 Å². The molecule has 0 aliphatic carbocycles. The van der Waals surface area contributed by atoms with Crippen LogP contribution in [0.5, 0.6) is 0 Å². The highest BCUT2D eigenvalue weighted by atomic mass is 35.5. The van der Waals surface area contributed by atoms with Crippen LogP contribution in [0.15, 0.2) is 64.4 Å². The van der Waals surface area contributed by atoms with Crippen molar-refractivity contribution in [2.24, 2.45) is 0 Å². The third kappa shape index (κ3) is 3.34. The molecule has 0 bridgehead atoms. The Kier molecular flexibility index (Phi) is 4.40. The summed E-state index contributed by atoms with van der Waals surface area (Å²) in [5.41, 5.74) is 2.53. The van der Waals surface area contributed by atoms with Crippen molar-refractivity contribution in [1.29, 1.82) is 0 Å². The van der Waals surface area contributed by atoms with Crippen LogP contribution in [-0.4, -0.2) is 9.13 Å². The molecule has 0 atom stereocenters. The average Bonchev–Trinajstić information content (AvgIpc) is 2.51. The molecule has 0 fully saturated rings. The van der Waals surface area contributed by atoms with Gasteiger partial charge >= 0.3 is 11.1 Å². The first kappa shape index (κ1) is 16.3. The molecule has 0 radical (unpaired) electrons. The van der Waals surface area contributed by atoms with Crippen molar-refractivity contribution in [3.63, 3.8) is 0 Å². The Labute approximate surface area is 144 Å². The van der Waals surface area contributed by atoms with Crippen molar-refractivity contribution in [2.45, 2.75) is 20.4 Å². The molecule has 122 valence electrons. The minimum atomic E-state index is -0.565. The Morgan fingerprint density at radius 1 is 0.917 bits per heavy atom. The van der Waals surface area contributed by atoms with E-state index in [1.807, 2.05) is 44.2 Å². The Morgan fingerprint density at radius 2 is 1.62 bits per heavy atom. The van der Waals surface area contributed by atoms with E-state index in [9.17, 15) is 9.59 Å². The summed E-state index contributed by atoms with van der Waals surface area (Å²) in [6.45, 7) is 4.23. The van der Waals surface area contributed by atoms with Gasteiger partial charge in [0.05, 0.1) is 6.54 Å². The third-order valence-corrected chi connectivity index (χ3v) is 4.02. The van der Waals surface area contributed by atoms with Crippen LogP contribution < -0.4 is 11.1 Å². The quantitative estimate of drug-likeness (QED) is 0.686. The number of hydrogen-bond acceptors (Lipinski definition) is 2. The minimum Gasteiger partial charge on any atom is -0.305 e. The summed E-state index contributed by atoms with van der Waals surface area (Å²) in [6, 6.07) is 13.0. The molecule has 0 aliphatic rings. The predicted octanol–water partition coefficient (Wildman–Crippen LogP) is 3.32. The zero-order chi connectivity index (χ0) is 17.3. The van der Waals surface area contributed by atoms with E-state index in [1.54, 1.807) is 24.5 Å². The highest BCUT2D eigenvalue weighted by Crippen LogP contribution is 2.13. The zero-order valence-corrected chi connectivity index (χ0v) is 14.2. The molecule has 1 heterocycles. The van der Waals surface area contributed by atoms with Gasteiger partial charge in [-0.3, -0.25) is 14.2 Å². The molecule has 0 spiro atoms. The van der Waals surface area contributed by atoms with E-state index in [4.69, 9.17) is 11.6 Å². The van der Waals surface area contributed by atoms with E-state index in [0.717, 1.165) is 16.7 Å². The Hall–Kier alpha value is -2.59. The molecule has 0 unspecified atom stereocenters. The standard InChI is InChI=1S/C19H17ClN2O2/c1-13-8-14(2)10-17(9-13)22-7-6-21(18(23)19(22)24)12-15-4-3-5-16(20)11-15/h3-11H,12H2,1-2H3. The van der Waals surface area contributed by atoms with Crippen LogP contribution in [0.3, 0.4) is 0 Å². The molecule has 3 rings (SSSR count). The molecule has 0 amide bonds. The first-order valence-electron chi connectivity index (χ1n) is 7.59. The van der Waals surface area contributed by atoms with Crippen molar-refractivity contribution < 1.29 is 0 Å². The van der Waals surface area contributed by atoms with E-state index >= 15 is 0 Å². The topological polar surface area (TPSA) is 44.0 Å². The Balaban J connectivity index is 2.03. The number of hydrogen-bond donors (Lipinski definition) is 0. The van der Waals surface area contributed by atoms with Crippen LogP contribution in [0, 0.1) is 13.8 Å². The molecule has 24 heavy (non-hydrogen) atoms. The van der Waals surface area contributed by atoms with Crippen molar-refractivity contribution in [2.75, 3.05) is 0 Å². The zero-order valence-electron chi connectivity index (χ0n) is 13.5. The summed E-state index contributed by atoms with van der Waals surface area (Å²) < 4.78 is 2.78. The monoisotopic (exact) mass is 340 g/mol. The summed E-state index contributed by atoms with van der Waals surface area (Å²) in [5, 5.41) is 0.601. The van der Waals surface area contributed by atoms with E-state index in [-0.39, 0.29) is 0 Å². The number of nitrogens with zero attached hydrogens (tertiary/aromatic N) is 2. The maximum atomic E-state index is 12.5. The van der Waals surface area contributed by atoms with Crippen LogP contribution >= 0.6 is 11.6 Å². The van der Waals surface area contributed by atoms with E-state index in [0.29, 0.717) is 17.3 Å². The highest BCUT2D eigenvalue weighted by Gasteiger charge is 2.08. The third-order valence-electron chi connectivity index (χ3n) is 3.78. The fraction of sp³-hybridized carbons (Fsp3) is 0.158. The Morgan fingerprint density at radius 3 is 2.29 bits per heavy atom. The second-order valence-corrected chi connectivity index (χ2v) is 6.32. The lowest BCUT2D eigenvalue weighted by molar-refractivity contribution is 0.718. The van der Waals surface area contributed by atoms with Gasteiger partial charge in [0.2, 0.25) is 0 Å². The second kappa shape index (κ2) is 6.49. The lowest BCUT2D eigenvalue weighted by atomic mass is 10.1. The van der Waals surface area contributed by atoms with Crippen molar-refractivity contribution in [1.82, 2.24) is 9.13 Å². The molecule has 2 aromatic carbocycles. The first-order chi connectivity index (χ1) is 11.4. The molecule has 0 aliphatic heterocycles. The molecule has 1 aromatic heterocycles. The van der Waals surface area contributed by atoms with Crippen molar-refractivity contribution in [3.8, 4) is 5.69 Å². The van der Waals surface area contributed by atoms with Gasteiger partial charge in [-0.05, 0) is 54.8 Å². The fourth-order valence-corrected chi connectivity index (χ4v) is 2.97. The van der Waals surface area contributed by atoms with Crippen molar-refractivity contribution >= 4 is 11.6 Å². The molecule has 0 saturated carbocycles. The van der Waals surface area contributed by atoms with Gasteiger partial charge in [-0.2, -0.15) is 0 Å². The van der Waals surface area contributed by atoms with Gasteiger partial charge in [-0.15, -0.1) is 0 Å². The largest absolute Gasteiger partial charge is 0.320 e. The Bertz CT molecular complexity index is 998. The van der Waals surface area contributed by atoms with Gasteiger partial charge in [0.1, 0.15) is 0 Å². The number of aromatic nitrogens is 2. The van der Waals surface area contributed by atoms with Gasteiger partial charge in [0.25, 0.3) is 0 Å². The SMILES string of the molecule is Cc1cc(C)cc(-n2ccn(Cc3cccc(Cl)c3)c(=O)c2=O)c1. The first-order valence-corrected chi connectivity index (χ1v) is 7.97. The van der Waals surface area contributed by atoms with Crippen LogP contribution in [0.2, 0.25) is 5.02 Å². The molecule has 5 heteroatoms. The van der Waals surface area contributed by atoms with E-state index in [1.165, 1.54) is 9.13 Å². The molecular weight excluding hydrogens is 324 g/mol. The lowest BCUT2D eigenvalue weighted by Crippen LogP contribution is -2.40. The summed E-state index contributed by atoms with van der Waals surface area (Å²) in [7, 11) is 0. The van der Waals surface area contributed by atoms with Crippen LogP contribution in [0.1, 0.15) is 16.7 Å². The molecule has 0 saturated heterocycles. The molecule has 3 aromatic rings. The van der Waals surface area contributed by atoms with Crippen LogP contribution in [0.25, 0.3) is 5.69 Å². The van der Waals surface area contributed by atoms with Gasteiger partial charge in [-0.25, -0.2) is 0 Å². The van der Waals surface area contributed by atoms with E-state index < -0.39 is 11.1 Å². The summed E-state index contributed by atoms with van der Waals surface area (Å²) in [4.78, 5) is 24.9. The van der Waals surface area contributed by atoms with Gasteiger partial charge in [0.15, 0.2) is 0 Å². The maximum absolute atomic E-state index is 12.5. The molecular formula is C19H17ClN2O2. The number of rotatable bonds is 3. The minimum absolute atomic E-state index is 0.308. The van der Waals surface area contributed by atoms with Gasteiger partial charge in [0, 0.05) is 23.1 Å². The smallest absolute Gasteiger partial charge is 0.305 e. The van der Waals surface area contributed by atoms with Crippen LogP contribution in [-0.2, 0) is 6.54 Å². The van der Waals surface area contributed by atoms with Crippen LogP contribution in [0.4, 0.5) is 0 Å². The molecule has 0 N–H and O–H groups in total. The van der Waals surface area contributed by atoms with Gasteiger partial charge in [-0.1, -0.05) is 29.8 Å². The normalized spacial score (nSPS) is 10.8. The summed E-state index contributed by atoms with van der Waals surface area (Å²) in [5.74, 6) is 0. The lowest BCUT2D eigenvalue weighted by Gasteiger charge is -2.11. The second-order valence-electron chi connectivity index (χ2n) is 5.88. The average molecular weight is 341 g/mol. The molecule has 4 nitrogen and oxygen atoms in total. The predicted molar refractivity (Wildman–Crippen MR) is 96.3 cm³/mol. The van der Waals surface area contributed by atoms with Gasteiger partial charge < -0.3 is 4.57 Å². The number of aryl methyl sites for hydroxylation is 2. The fourth-order valence-electron chi connectivity index (χ4n) is 2.76. The highest BCUT2D eigenvalue weighted by molar-refractivity contribution is 6.30. The summed E-state index contributed by atoms with van der Waals surface area (Å²) >= 11 is 5.96. The number of benzene rings is 2. The van der Waals surface area contributed by atoms with Crippen molar-refractivity contribution in [3.05, 3.63) is 97.3 Å².